The second-order valence-corrected chi connectivity index (χ2v) is 5.72. The molecule has 1 aromatic heterocycles. The molecule has 1 aromatic carbocycles. The molecule has 1 saturated heterocycles. The van der Waals surface area contributed by atoms with Gasteiger partial charge in [0.1, 0.15) is 11.6 Å². The number of hydrogen-bond acceptors (Lipinski definition) is 4. The molecule has 22 heavy (non-hydrogen) atoms. The van der Waals surface area contributed by atoms with E-state index in [0.29, 0.717) is 5.56 Å². The third-order valence-electron chi connectivity index (χ3n) is 4.00. The standard InChI is InChI=1S/C16H21N5O/c1-11-10-17-8-9-20(11)16(22)14-4-6-15(7-5-14)21-13(3)18-12(2)19-21/h4-7,11,17H,8-10H2,1-3H3/t11-/m1/s1. The fraction of sp³-hybridized carbons (Fsp3) is 0.438. The zero-order chi connectivity index (χ0) is 15.7. The predicted molar refractivity (Wildman–Crippen MR) is 84.2 cm³/mol. The molecule has 0 unspecified atom stereocenters. The Balaban J connectivity index is 1.82. The Labute approximate surface area is 130 Å². The summed E-state index contributed by atoms with van der Waals surface area (Å²) in [7, 11) is 0. The molecule has 2 aromatic rings. The number of rotatable bonds is 2. The average molecular weight is 299 g/mol. The van der Waals surface area contributed by atoms with Crippen LogP contribution in [0.2, 0.25) is 0 Å². The van der Waals surface area contributed by atoms with E-state index in [1.807, 2.05) is 43.0 Å². The maximum atomic E-state index is 12.6. The van der Waals surface area contributed by atoms with Gasteiger partial charge in [0.2, 0.25) is 0 Å². The van der Waals surface area contributed by atoms with E-state index < -0.39 is 0 Å². The summed E-state index contributed by atoms with van der Waals surface area (Å²) >= 11 is 0. The van der Waals surface area contributed by atoms with Crippen molar-refractivity contribution in [3.8, 4) is 5.69 Å². The molecule has 0 radical (unpaired) electrons. The lowest BCUT2D eigenvalue weighted by atomic mass is 10.1. The van der Waals surface area contributed by atoms with Crippen molar-refractivity contribution in [1.82, 2.24) is 25.0 Å². The summed E-state index contributed by atoms with van der Waals surface area (Å²) in [5.41, 5.74) is 1.63. The second-order valence-electron chi connectivity index (χ2n) is 5.72. The molecule has 116 valence electrons. The van der Waals surface area contributed by atoms with Gasteiger partial charge in [0.05, 0.1) is 5.69 Å². The van der Waals surface area contributed by atoms with Crippen LogP contribution in [0.1, 0.15) is 28.9 Å². The molecule has 1 fully saturated rings. The molecule has 0 saturated carbocycles. The first-order valence-electron chi connectivity index (χ1n) is 7.58. The third-order valence-corrected chi connectivity index (χ3v) is 4.00. The summed E-state index contributed by atoms with van der Waals surface area (Å²) in [5, 5.41) is 7.66. The van der Waals surface area contributed by atoms with Crippen LogP contribution in [0.5, 0.6) is 0 Å². The van der Waals surface area contributed by atoms with Crippen LogP contribution in [-0.4, -0.2) is 51.2 Å². The van der Waals surface area contributed by atoms with E-state index in [2.05, 4.69) is 22.3 Å². The summed E-state index contributed by atoms with van der Waals surface area (Å²) in [5.74, 6) is 1.67. The van der Waals surface area contributed by atoms with Crippen molar-refractivity contribution in [1.29, 1.82) is 0 Å². The number of aryl methyl sites for hydroxylation is 2. The summed E-state index contributed by atoms with van der Waals surface area (Å²) in [6.45, 7) is 8.31. The van der Waals surface area contributed by atoms with E-state index in [1.54, 1.807) is 4.68 Å². The highest BCUT2D eigenvalue weighted by atomic mass is 16.2. The smallest absolute Gasteiger partial charge is 0.254 e. The van der Waals surface area contributed by atoms with Crippen LogP contribution in [0.3, 0.4) is 0 Å². The van der Waals surface area contributed by atoms with Crippen LogP contribution in [-0.2, 0) is 0 Å². The molecule has 1 N–H and O–H groups in total. The molecule has 6 heteroatoms. The van der Waals surface area contributed by atoms with Gasteiger partial charge in [0.15, 0.2) is 0 Å². The SMILES string of the molecule is Cc1nc(C)n(-c2ccc(C(=O)N3CCNC[C@H]3C)cc2)n1. The molecule has 0 aliphatic carbocycles. The summed E-state index contributed by atoms with van der Waals surface area (Å²) in [4.78, 5) is 18.8. The molecule has 1 atom stereocenters. The topological polar surface area (TPSA) is 63.1 Å². The molecule has 3 rings (SSSR count). The van der Waals surface area contributed by atoms with Gasteiger partial charge in [-0.3, -0.25) is 4.79 Å². The number of aromatic nitrogens is 3. The normalized spacial score (nSPS) is 18.5. The zero-order valence-electron chi connectivity index (χ0n) is 13.2. The van der Waals surface area contributed by atoms with E-state index in [0.717, 1.165) is 37.0 Å². The van der Waals surface area contributed by atoms with Crippen molar-refractivity contribution in [2.24, 2.45) is 0 Å². The van der Waals surface area contributed by atoms with Crippen molar-refractivity contribution in [2.45, 2.75) is 26.8 Å². The molecule has 2 heterocycles. The van der Waals surface area contributed by atoms with Crippen LogP contribution >= 0.6 is 0 Å². The number of carbonyl (C=O) groups is 1. The van der Waals surface area contributed by atoms with E-state index in [-0.39, 0.29) is 11.9 Å². The third kappa shape index (κ3) is 2.74. The monoisotopic (exact) mass is 299 g/mol. The maximum Gasteiger partial charge on any atom is 0.254 e. The Morgan fingerprint density at radius 3 is 2.59 bits per heavy atom. The van der Waals surface area contributed by atoms with Crippen LogP contribution in [0.4, 0.5) is 0 Å². The summed E-state index contributed by atoms with van der Waals surface area (Å²) < 4.78 is 1.79. The van der Waals surface area contributed by atoms with E-state index in [4.69, 9.17) is 0 Å². The van der Waals surface area contributed by atoms with Gasteiger partial charge >= 0.3 is 0 Å². The molecule has 6 nitrogen and oxygen atoms in total. The van der Waals surface area contributed by atoms with Gasteiger partial charge in [-0.15, -0.1) is 0 Å². The fourth-order valence-corrected chi connectivity index (χ4v) is 2.82. The van der Waals surface area contributed by atoms with Crippen molar-refractivity contribution in [3.05, 3.63) is 41.5 Å². The Morgan fingerprint density at radius 2 is 2.00 bits per heavy atom. The molecule has 1 amide bonds. The summed E-state index contributed by atoms with van der Waals surface area (Å²) in [6, 6.07) is 7.79. The predicted octanol–water partition coefficient (Wildman–Crippen LogP) is 1.32. The largest absolute Gasteiger partial charge is 0.333 e. The molecular weight excluding hydrogens is 278 g/mol. The van der Waals surface area contributed by atoms with Gasteiger partial charge in [-0.05, 0) is 45.0 Å². The first-order valence-corrected chi connectivity index (χ1v) is 7.58. The lowest BCUT2D eigenvalue weighted by Crippen LogP contribution is -2.52. The van der Waals surface area contributed by atoms with Crippen LogP contribution in [0.25, 0.3) is 5.69 Å². The van der Waals surface area contributed by atoms with Crippen LogP contribution < -0.4 is 5.32 Å². The Bertz CT molecular complexity index is 676. The van der Waals surface area contributed by atoms with Crippen molar-refractivity contribution in [3.63, 3.8) is 0 Å². The van der Waals surface area contributed by atoms with Gasteiger partial charge in [0, 0.05) is 31.2 Å². The maximum absolute atomic E-state index is 12.6. The van der Waals surface area contributed by atoms with Crippen molar-refractivity contribution < 1.29 is 4.79 Å². The van der Waals surface area contributed by atoms with Gasteiger partial charge < -0.3 is 10.2 Å². The van der Waals surface area contributed by atoms with Crippen molar-refractivity contribution in [2.75, 3.05) is 19.6 Å². The average Bonchev–Trinajstić information content (AvgIpc) is 2.86. The second kappa shape index (κ2) is 5.88. The molecule has 1 aliphatic heterocycles. The van der Waals surface area contributed by atoms with Gasteiger partial charge in [-0.25, -0.2) is 9.67 Å². The van der Waals surface area contributed by atoms with Gasteiger partial charge in [-0.2, -0.15) is 5.10 Å². The molecule has 0 spiro atoms. The number of carbonyl (C=O) groups excluding carboxylic acids is 1. The molecule has 1 aliphatic rings. The molecular formula is C16H21N5O. The first kappa shape index (κ1) is 14.7. The van der Waals surface area contributed by atoms with Crippen LogP contribution in [0.15, 0.2) is 24.3 Å². The number of piperazine rings is 1. The number of nitrogens with zero attached hydrogens (tertiary/aromatic N) is 4. The number of hydrogen-bond donors (Lipinski definition) is 1. The minimum atomic E-state index is 0.0899. The van der Waals surface area contributed by atoms with Crippen LogP contribution in [0, 0.1) is 13.8 Å². The highest BCUT2D eigenvalue weighted by Crippen LogP contribution is 2.14. The van der Waals surface area contributed by atoms with Gasteiger partial charge in [-0.1, -0.05) is 0 Å². The fourth-order valence-electron chi connectivity index (χ4n) is 2.82. The van der Waals surface area contributed by atoms with E-state index in [1.165, 1.54) is 0 Å². The minimum Gasteiger partial charge on any atom is -0.333 e. The Kier molecular flexibility index (Phi) is 3.94. The van der Waals surface area contributed by atoms with Crippen molar-refractivity contribution >= 4 is 5.91 Å². The molecule has 0 bridgehead atoms. The van der Waals surface area contributed by atoms with E-state index >= 15 is 0 Å². The lowest BCUT2D eigenvalue weighted by molar-refractivity contribution is 0.0656. The minimum absolute atomic E-state index is 0.0899. The first-order chi connectivity index (χ1) is 10.6. The Hall–Kier alpha value is -2.21. The van der Waals surface area contributed by atoms with E-state index in [9.17, 15) is 4.79 Å². The lowest BCUT2D eigenvalue weighted by Gasteiger charge is -2.34. The van der Waals surface area contributed by atoms with Gasteiger partial charge in [0.25, 0.3) is 5.91 Å². The highest BCUT2D eigenvalue weighted by molar-refractivity contribution is 5.94. The highest BCUT2D eigenvalue weighted by Gasteiger charge is 2.23. The number of amides is 1. The number of benzene rings is 1. The summed E-state index contributed by atoms with van der Waals surface area (Å²) in [6.07, 6.45) is 0. The number of nitrogens with one attached hydrogen (secondary N) is 1. The Morgan fingerprint density at radius 1 is 1.27 bits per heavy atom. The zero-order valence-corrected chi connectivity index (χ0v) is 13.2. The quantitative estimate of drug-likeness (QED) is 0.908.